The van der Waals surface area contributed by atoms with Crippen molar-refractivity contribution in [2.24, 2.45) is 5.92 Å². The van der Waals surface area contributed by atoms with Gasteiger partial charge in [-0.2, -0.15) is 0 Å². The number of amides is 1. The minimum Gasteiger partial charge on any atom is -0.298 e. The van der Waals surface area contributed by atoms with Crippen LogP contribution in [-0.2, 0) is 13.0 Å². The summed E-state index contributed by atoms with van der Waals surface area (Å²) >= 11 is 0. The maximum Gasteiger partial charge on any atom is 0.274 e. The third kappa shape index (κ3) is 3.28. The molecule has 2 N–H and O–H groups in total. The summed E-state index contributed by atoms with van der Waals surface area (Å²) in [5.74, 6) is -0.266. The summed E-state index contributed by atoms with van der Waals surface area (Å²) in [6.07, 6.45) is 8.89. The summed E-state index contributed by atoms with van der Waals surface area (Å²) in [5.41, 5.74) is 3.39. The number of hydrogen-bond acceptors (Lipinski definition) is 4. The summed E-state index contributed by atoms with van der Waals surface area (Å²) in [5, 5.41) is 8.78. The smallest absolute Gasteiger partial charge is 0.274 e. The quantitative estimate of drug-likeness (QED) is 0.629. The molecule has 3 aliphatic heterocycles. The van der Waals surface area contributed by atoms with Crippen LogP contribution in [0.2, 0.25) is 0 Å². The van der Waals surface area contributed by atoms with Gasteiger partial charge < -0.3 is 0 Å². The van der Waals surface area contributed by atoms with Crippen LogP contribution in [0.25, 0.3) is 0 Å². The zero-order valence-electron chi connectivity index (χ0n) is 15.7. The number of nitrogens with zero attached hydrogens (tertiary/aromatic N) is 2. The molecule has 2 bridgehead atoms. The minimum absolute atomic E-state index is 0.186. The molecule has 4 aliphatic rings. The van der Waals surface area contributed by atoms with Crippen molar-refractivity contribution in [3.8, 4) is 0 Å². The second kappa shape index (κ2) is 6.83. The molecule has 0 radical (unpaired) electrons. The number of hydrogen-bond donors (Lipinski definition) is 2. The molecule has 3 heterocycles. The number of nitrogens with one attached hydrogen (secondary N) is 1. The average Bonchev–Trinajstić information content (AvgIpc) is 3.47. The van der Waals surface area contributed by atoms with Gasteiger partial charge in [0.25, 0.3) is 5.91 Å². The summed E-state index contributed by atoms with van der Waals surface area (Å²) in [6, 6.07) is 5.41. The first-order valence-electron chi connectivity index (χ1n) is 10.4. The highest BCUT2D eigenvalue weighted by Crippen LogP contribution is 2.45. The van der Waals surface area contributed by atoms with Crippen molar-refractivity contribution >= 4 is 5.91 Å². The van der Waals surface area contributed by atoms with Gasteiger partial charge in [-0.05, 0) is 68.6 Å². The van der Waals surface area contributed by atoms with Gasteiger partial charge >= 0.3 is 0 Å². The summed E-state index contributed by atoms with van der Waals surface area (Å²) in [7, 11) is 0. The van der Waals surface area contributed by atoms with Crippen LogP contribution in [0.4, 0.5) is 4.39 Å². The lowest BCUT2D eigenvalue weighted by Gasteiger charge is -2.41. The highest BCUT2D eigenvalue weighted by atomic mass is 19.1. The number of benzene rings is 1. The number of halogens is 1. The predicted octanol–water partition coefficient (Wildman–Crippen LogP) is 2.71. The van der Waals surface area contributed by atoms with Gasteiger partial charge in [-0.25, -0.2) is 9.87 Å². The monoisotopic (exact) mass is 373 g/mol. The van der Waals surface area contributed by atoms with E-state index in [2.05, 4.69) is 9.80 Å². The molecule has 5 rings (SSSR count). The third-order valence-corrected chi connectivity index (χ3v) is 7.10. The topological polar surface area (TPSA) is 55.8 Å². The number of fused-ring (bicyclic) bond motifs is 3. The first-order valence-corrected chi connectivity index (χ1v) is 10.4. The standard InChI is InChI=1S/C21H28FN3O2/c22-20-10-15(21(26)23-27)9-14-5-6-24(12-19(14)20)11-13-7-17-3-4-18(8-13)25(17)16-1-2-16/h9-10,13,16-18,27H,1-8,11-12H2,(H,23,26). The van der Waals surface area contributed by atoms with E-state index in [9.17, 15) is 9.18 Å². The lowest BCUT2D eigenvalue weighted by Crippen LogP contribution is -2.47. The third-order valence-electron chi connectivity index (χ3n) is 7.10. The van der Waals surface area contributed by atoms with Crippen molar-refractivity contribution in [1.82, 2.24) is 15.3 Å². The molecule has 146 valence electrons. The molecule has 2 saturated heterocycles. The lowest BCUT2D eigenvalue weighted by atomic mass is 9.88. The van der Waals surface area contributed by atoms with Crippen LogP contribution in [0.3, 0.4) is 0 Å². The van der Waals surface area contributed by atoms with Gasteiger partial charge in [-0.15, -0.1) is 0 Å². The van der Waals surface area contributed by atoms with Crippen LogP contribution < -0.4 is 5.48 Å². The predicted molar refractivity (Wildman–Crippen MR) is 99.0 cm³/mol. The number of carbonyl (C=O) groups excluding carboxylic acids is 1. The Kier molecular flexibility index (Phi) is 4.45. The van der Waals surface area contributed by atoms with E-state index in [1.54, 1.807) is 11.5 Å². The summed E-state index contributed by atoms with van der Waals surface area (Å²) < 4.78 is 14.6. The van der Waals surface area contributed by atoms with E-state index in [1.807, 2.05) is 0 Å². The van der Waals surface area contributed by atoms with Crippen molar-refractivity contribution in [2.45, 2.75) is 69.6 Å². The summed E-state index contributed by atoms with van der Waals surface area (Å²) in [4.78, 5) is 16.8. The van der Waals surface area contributed by atoms with Gasteiger partial charge in [-0.1, -0.05) is 0 Å². The number of rotatable bonds is 4. The van der Waals surface area contributed by atoms with Crippen LogP contribution in [0, 0.1) is 11.7 Å². The van der Waals surface area contributed by atoms with E-state index in [4.69, 9.17) is 5.21 Å². The zero-order chi connectivity index (χ0) is 18.5. The van der Waals surface area contributed by atoms with E-state index < -0.39 is 5.91 Å². The van der Waals surface area contributed by atoms with Gasteiger partial charge in [0.15, 0.2) is 0 Å². The Morgan fingerprint density at radius 2 is 1.85 bits per heavy atom. The second-order valence-electron chi connectivity index (χ2n) is 8.92. The molecule has 27 heavy (non-hydrogen) atoms. The fourth-order valence-corrected chi connectivity index (χ4v) is 5.84. The van der Waals surface area contributed by atoms with Crippen LogP contribution in [0.15, 0.2) is 12.1 Å². The fourth-order valence-electron chi connectivity index (χ4n) is 5.84. The fraction of sp³-hybridized carbons (Fsp3) is 0.667. The van der Waals surface area contributed by atoms with Crippen LogP contribution in [0.1, 0.15) is 60.0 Å². The average molecular weight is 373 g/mol. The SMILES string of the molecule is O=C(NO)c1cc(F)c2c(c1)CCN(CC1CC3CCC(C1)N3C1CC1)C2. The summed E-state index contributed by atoms with van der Waals surface area (Å²) in [6.45, 7) is 2.60. The van der Waals surface area contributed by atoms with Crippen molar-refractivity contribution < 1.29 is 14.4 Å². The number of piperidine rings is 1. The maximum atomic E-state index is 14.6. The minimum atomic E-state index is -0.656. The Balaban J connectivity index is 1.25. The molecule has 5 nitrogen and oxygen atoms in total. The second-order valence-corrected chi connectivity index (χ2v) is 8.92. The molecule has 0 aromatic heterocycles. The normalized spacial score (nSPS) is 31.0. The van der Waals surface area contributed by atoms with Gasteiger partial charge in [0.05, 0.1) is 0 Å². The van der Waals surface area contributed by atoms with Crippen molar-refractivity contribution in [3.05, 3.63) is 34.6 Å². The van der Waals surface area contributed by atoms with E-state index in [0.29, 0.717) is 12.1 Å². The van der Waals surface area contributed by atoms with E-state index in [-0.39, 0.29) is 11.4 Å². The zero-order valence-corrected chi connectivity index (χ0v) is 15.7. The van der Waals surface area contributed by atoms with Crippen LogP contribution in [0.5, 0.6) is 0 Å². The molecule has 2 unspecified atom stereocenters. The van der Waals surface area contributed by atoms with E-state index in [0.717, 1.165) is 49.1 Å². The first-order chi connectivity index (χ1) is 13.1. The molecule has 6 heteroatoms. The van der Waals surface area contributed by atoms with Crippen LogP contribution in [-0.4, -0.2) is 52.1 Å². The van der Waals surface area contributed by atoms with E-state index in [1.165, 1.54) is 44.6 Å². The van der Waals surface area contributed by atoms with Gasteiger partial charge in [0, 0.05) is 48.9 Å². The van der Waals surface area contributed by atoms with Crippen molar-refractivity contribution in [1.29, 1.82) is 0 Å². The highest BCUT2D eigenvalue weighted by Gasteiger charge is 2.47. The highest BCUT2D eigenvalue weighted by molar-refractivity contribution is 5.93. The Bertz CT molecular complexity index is 737. The Morgan fingerprint density at radius 1 is 1.15 bits per heavy atom. The Hall–Kier alpha value is -1.50. The molecule has 3 fully saturated rings. The molecule has 1 saturated carbocycles. The molecule has 1 amide bonds. The largest absolute Gasteiger partial charge is 0.298 e. The first kappa shape index (κ1) is 17.6. The molecule has 1 aromatic rings. The van der Waals surface area contributed by atoms with Gasteiger partial charge in [0.2, 0.25) is 0 Å². The molecule has 1 aliphatic carbocycles. The molecular weight excluding hydrogens is 345 g/mol. The lowest BCUT2D eigenvalue weighted by molar-refractivity contribution is 0.0704. The molecule has 2 atom stereocenters. The van der Waals surface area contributed by atoms with Gasteiger partial charge in [0.1, 0.15) is 5.82 Å². The van der Waals surface area contributed by atoms with E-state index >= 15 is 0 Å². The molecular formula is C21H28FN3O2. The Morgan fingerprint density at radius 3 is 2.52 bits per heavy atom. The number of hydroxylamine groups is 1. The maximum absolute atomic E-state index is 14.6. The van der Waals surface area contributed by atoms with Crippen molar-refractivity contribution in [3.63, 3.8) is 0 Å². The van der Waals surface area contributed by atoms with Gasteiger partial charge in [-0.3, -0.25) is 19.8 Å². The molecule has 1 aromatic carbocycles. The Labute approximate surface area is 159 Å². The molecule has 0 spiro atoms. The number of carbonyl (C=O) groups is 1. The van der Waals surface area contributed by atoms with Crippen LogP contribution >= 0.6 is 0 Å². The van der Waals surface area contributed by atoms with Crippen molar-refractivity contribution in [2.75, 3.05) is 13.1 Å².